The van der Waals surface area contributed by atoms with Gasteiger partial charge in [0.15, 0.2) is 0 Å². The van der Waals surface area contributed by atoms with Gasteiger partial charge in [-0.05, 0) is 0 Å². The van der Waals surface area contributed by atoms with E-state index in [1.165, 1.54) is 0 Å². The van der Waals surface area contributed by atoms with Gasteiger partial charge in [-0.15, -0.1) is 0 Å². The molecular formula is C12H10N2O2. The molecule has 0 aromatic heterocycles. The quantitative estimate of drug-likeness (QED) is 0.438. The third kappa shape index (κ3) is 2.00. The van der Waals surface area contributed by atoms with Crippen LogP contribution in [0.3, 0.4) is 0 Å². The molecule has 0 saturated heterocycles. The number of nitrogens with zero attached hydrogens (tertiary/aromatic N) is 2. The Labute approximate surface area is 92.9 Å². The first-order chi connectivity index (χ1) is 7.79. The molecule has 2 rings (SSSR count). The summed E-state index contributed by atoms with van der Waals surface area (Å²) >= 11 is 0. The van der Waals surface area contributed by atoms with Crippen LogP contribution in [0.4, 0.5) is 11.4 Å². The molecule has 0 bridgehead atoms. The van der Waals surface area contributed by atoms with Crippen LogP contribution in [0, 0.1) is 10.4 Å². The summed E-state index contributed by atoms with van der Waals surface area (Å²) in [6, 6.07) is 16.7. The molecule has 0 aliphatic rings. The van der Waals surface area contributed by atoms with Gasteiger partial charge in [-0.3, -0.25) is 0 Å². The highest BCUT2D eigenvalue weighted by Gasteiger charge is 2.13. The molecule has 0 amide bonds. The maximum Gasteiger partial charge on any atom is 0.287 e. The summed E-state index contributed by atoms with van der Waals surface area (Å²) in [4.78, 5) is 0.630. The highest BCUT2D eigenvalue weighted by molar-refractivity contribution is 5.29. The average Bonchev–Trinajstić information content (AvgIpc) is 2.39. The normalized spacial score (nSPS) is 12.0. The Kier molecular flexibility index (Phi) is 2.82. The van der Waals surface area contributed by atoms with Crippen molar-refractivity contribution >= 4 is 11.4 Å². The van der Waals surface area contributed by atoms with E-state index in [0.29, 0.717) is 21.1 Å². The molecular weight excluding hydrogens is 204 g/mol. The summed E-state index contributed by atoms with van der Waals surface area (Å²) in [6.07, 6.45) is 0. The summed E-state index contributed by atoms with van der Waals surface area (Å²) < 4.78 is 0. The molecule has 0 unspecified atom stereocenters. The fourth-order valence-corrected chi connectivity index (χ4v) is 1.32. The molecule has 80 valence electrons. The Morgan fingerprint density at radius 2 is 0.875 bits per heavy atom. The summed E-state index contributed by atoms with van der Waals surface area (Å²) in [5.74, 6) is 0. The second-order valence-corrected chi connectivity index (χ2v) is 3.22. The number of azo groups is 1. The lowest BCUT2D eigenvalue weighted by atomic mass is 10.3. The zero-order valence-corrected chi connectivity index (χ0v) is 8.48. The fourth-order valence-electron chi connectivity index (χ4n) is 1.32. The van der Waals surface area contributed by atoms with Gasteiger partial charge >= 0.3 is 0 Å². The molecule has 2 aromatic carbocycles. The molecule has 16 heavy (non-hydrogen) atoms. The second kappa shape index (κ2) is 4.44. The second-order valence-electron chi connectivity index (χ2n) is 3.22. The van der Waals surface area contributed by atoms with Gasteiger partial charge in [0.1, 0.15) is 0 Å². The molecule has 0 heterocycles. The van der Waals surface area contributed by atoms with Crippen molar-refractivity contribution in [3.05, 3.63) is 71.1 Å². The Bertz CT molecular complexity index is 447. The first kappa shape index (κ1) is 10.2. The Balaban J connectivity index is 2.43. The van der Waals surface area contributed by atoms with E-state index in [-0.39, 0.29) is 0 Å². The first-order valence-electron chi connectivity index (χ1n) is 4.83. The zero-order valence-electron chi connectivity index (χ0n) is 8.48. The largest absolute Gasteiger partial charge is 0.561 e. The molecule has 0 saturated carbocycles. The highest BCUT2D eigenvalue weighted by atomic mass is 16.6. The van der Waals surface area contributed by atoms with Crippen LogP contribution in [0.5, 0.6) is 0 Å². The highest BCUT2D eigenvalue weighted by Crippen LogP contribution is 2.15. The van der Waals surface area contributed by atoms with Gasteiger partial charge in [-0.25, -0.2) is 0 Å². The van der Waals surface area contributed by atoms with Crippen molar-refractivity contribution in [1.29, 1.82) is 0 Å². The molecule has 0 aliphatic carbocycles. The minimum atomic E-state index is 0.307. The van der Waals surface area contributed by atoms with Gasteiger partial charge in [-0.1, -0.05) is 36.4 Å². The molecule has 0 N–H and O–H groups in total. The van der Waals surface area contributed by atoms with Crippen LogP contribution in [0.25, 0.3) is 0 Å². The summed E-state index contributed by atoms with van der Waals surface area (Å²) in [6.45, 7) is 0. The van der Waals surface area contributed by atoms with E-state index in [1.54, 1.807) is 60.7 Å². The molecule has 4 nitrogen and oxygen atoms in total. The predicted octanol–water partition coefficient (Wildman–Crippen LogP) is 3.12. The third-order valence-electron chi connectivity index (χ3n) is 2.12. The smallest absolute Gasteiger partial charge is 0.287 e. The van der Waals surface area contributed by atoms with E-state index in [0.717, 1.165) is 0 Å². The number of para-hydroxylation sites is 2. The molecule has 0 aliphatic heterocycles. The van der Waals surface area contributed by atoms with Crippen molar-refractivity contribution in [2.45, 2.75) is 0 Å². The summed E-state index contributed by atoms with van der Waals surface area (Å²) in [5, 5.41) is 23.4. The zero-order chi connectivity index (χ0) is 11.4. The van der Waals surface area contributed by atoms with Crippen LogP contribution in [-0.2, 0) is 0 Å². The number of hydrogen-bond acceptors (Lipinski definition) is 2. The number of benzene rings is 2. The Hall–Kier alpha value is -2.36. The van der Waals surface area contributed by atoms with Crippen molar-refractivity contribution in [2.24, 2.45) is 0 Å². The van der Waals surface area contributed by atoms with Crippen molar-refractivity contribution in [3.8, 4) is 0 Å². The Morgan fingerprint density at radius 1 is 0.562 bits per heavy atom. The lowest BCUT2D eigenvalue weighted by molar-refractivity contribution is -0.896. The minimum absolute atomic E-state index is 0.307. The molecule has 0 spiro atoms. The van der Waals surface area contributed by atoms with Gasteiger partial charge in [0.25, 0.3) is 11.4 Å². The number of hydrogen-bond donors (Lipinski definition) is 0. The maximum atomic E-state index is 11.7. The van der Waals surface area contributed by atoms with Gasteiger partial charge in [-0.2, -0.15) is 0 Å². The topological polar surface area (TPSA) is 52.1 Å². The van der Waals surface area contributed by atoms with Crippen LogP contribution >= 0.6 is 0 Å². The monoisotopic (exact) mass is 214 g/mol. The molecule has 0 radical (unpaired) electrons. The third-order valence-corrected chi connectivity index (χ3v) is 2.12. The Morgan fingerprint density at radius 3 is 1.19 bits per heavy atom. The van der Waals surface area contributed by atoms with E-state index in [2.05, 4.69) is 0 Å². The first-order valence-corrected chi connectivity index (χ1v) is 4.83. The molecule has 0 atom stereocenters. The van der Waals surface area contributed by atoms with Crippen molar-refractivity contribution < 1.29 is 9.72 Å². The predicted molar refractivity (Wildman–Crippen MR) is 59.5 cm³/mol. The lowest BCUT2D eigenvalue weighted by Gasteiger charge is -2.01. The van der Waals surface area contributed by atoms with Crippen LogP contribution in [0.2, 0.25) is 0 Å². The van der Waals surface area contributed by atoms with E-state index in [9.17, 15) is 10.4 Å². The van der Waals surface area contributed by atoms with Crippen LogP contribution in [-0.4, -0.2) is 9.72 Å². The standard InChI is InChI=1S/C12H10N2O2/c15-13(11-7-3-1-4-8-11)14(16)12-9-5-2-6-10-12/h1-10H/b14-13-. The van der Waals surface area contributed by atoms with Crippen molar-refractivity contribution in [2.75, 3.05) is 0 Å². The fraction of sp³-hybridized carbons (Fsp3) is 0. The molecule has 2 aromatic rings. The summed E-state index contributed by atoms with van der Waals surface area (Å²) in [7, 11) is 0. The van der Waals surface area contributed by atoms with E-state index in [4.69, 9.17) is 0 Å². The van der Waals surface area contributed by atoms with E-state index in [1.807, 2.05) is 0 Å². The maximum absolute atomic E-state index is 11.7. The molecule has 0 fully saturated rings. The SMILES string of the molecule is [O-]/[N+](c1ccccc1)=[N+](\[O-])c1ccccc1. The molecule has 4 heteroatoms. The van der Waals surface area contributed by atoms with Crippen LogP contribution < -0.4 is 0 Å². The van der Waals surface area contributed by atoms with Crippen molar-refractivity contribution in [1.82, 2.24) is 0 Å². The van der Waals surface area contributed by atoms with Gasteiger partial charge in [0.2, 0.25) is 0 Å². The minimum Gasteiger partial charge on any atom is -0.561 e. The van der Waals surface area contributed by atoms with Gasteiger partial charge in [0, 0.05) is 24.3 Å². The van der Waals surface area contributed by atoms with Gasteiger partial charge in [0.05, 0.1) is 9.72 Å². The van der Waals surface area contributed by atoms with Crippen molar-refractivity contribution in [3.63, 3.8) is 0 Å². The lowest BCUT2D eigenvalue weighted by Crippen LogP contribution is -2.07. The van der Waals surface area contributed by atoms with Crippen LogP contribution in [0.1, 0.15) is 0 Å². The number of rotatable bonds is 2. The van der Waals surface area contributed by atoms with Gasteiger partial charge < -0.3 is 10.4 Å². The average molecular weight is 214 g/mol. The van der Waals surface area contributed by atoms with E-state index >= 15 is 0 Å². The summed E-state index contributed by atoms with van der Waals surface area (Å²) in [5.41, 5.74) is 0.614. The van der Waals surface area contributed by atoms with Crippen LogP contribution in [0.15, 0.2) is 60.7 Å². The van der Waals surface area contributed by atoms with E-state index < -0.39 is 0 Å².